The van der Waals surface area contributed by atoms with E-state index in [1.54, 1.807) is 0 Å². The van der Waals surface area contributed by atoms with Gasteiger partial charge < -0.3 is 9.47 Å². The molecule has 0 radical (unpaired) electrons. The van der Waals surface area contributed by atoms with E-state index in [9.17, 15) is 0 Å². The number of hydrogen-bond donors (Lipinski definition) is 0. The minimum Gasteiger partial charge on any atom is -0.363 e. The van der Waals surface area contributed by atoms with Gasteiger partial charge in [-0.3, -0.25) is 0 Å². The highest BCUT2D eigenvalue weighted by Gasteiger charge is 2.54. The van der Waals surface area contributed by atoms with Crippen LogP contribution in [0.4, 0.5) is 0 Å². The minimum absolute atomic E-state index is 0.248. The number of hydrogen-bond acceptors (Lipinski definition) is 2. The van der Waals surface area contributed by atoms with Gasteiger partial charge in [-0.2, -0.15) is 0 Å². The van der Waals surface area contributed by atoms with Crippen molar-refractivity contribution >= 4 is 0 Å². The van der Waals surface area contributed by atoms with Crippen LogP contribution in [0.15, 0.2) is 25.3 Å². The Hall–Kier alpha value is -0.600. The van der Waals surface area contributed by atoms with Crippen LogP contribution < -0.4 is 0 Å². The molecule has 0 N–H and O–H groups in total. The third kappa shape index (κ3) is 1.85. The van der Waals surface area contributed by atoms with Gasteiger partial charge in [-0.15, -0.1) is 0 Å². The van der Waals surface area contributed by atoms with Crippen LogP contribution in [0.25, 0.3) is 0 Å². The lowest BCUT2D eigenvalue weighted by molar-refractivity contribution is -0.287. The third-order valence-electron chi connectivity index (χ3n) is 3.59. The van der Waals surface area contributed by atoms with Crippen molar-refractivity contribution in [3.8, 4) is 0 Å². The fourth-order valence-electron chi connectivity index (χ4n) is 2.58. The Morgan fingerprint density at radius 1 is 1.12 bits per heavy atom. The van der Waals surface area contributed by atoms with Crippen LogP contribution in [0, 0.1) is 0 Å². The maximum Gasteiger partial charge on any atom is 0.133 e. The fourth-order valence-corrected chi connectivity index (χ4v) is 2.58. The van der Waals surface area contributed by atoms with Crippen molar-refractivity contribution in [1.29, 1.82) is 0 Å². The molecule has 0 unspecified atom stereocenters. The van der Waals surface area contributed by atoms with Crippen LogP contribution >= 0.6 is 0 Å². The highest BCUT2D eigenvalue weighted by atomic mass is 16.6. The van der Waals surface area contributed by atoms with E-state index in [4.69, 9.17) is 9.47 Å². The van der Waals surface area contributed by atoms with Gasteiger partial charge in [-0.1, -0.05) is 39.2 Å². The molecule has 0 aromatic rings. The SMILES string of the molecule is C=CC1(C=C)OCC(C)(C)OC1(CC)CC. The molecule has 0 bridgehead atoms. The maximum atomic E-state index is 6.29. The molecule has 0 atom stereocenters. The molecular formula is C14H24O2. The predicted molar refractivity (Wildman–Crippen MR) is 67.6 cm³/mol. The maximum absolute atomic E-state index is 6.29. The summed E-state index contributed by atoms with van der Waals surface area (Å²) in [6, 6.07) is 0. The first-order valence-electron chi connectivity index (χ1n) is 6.02. The van der Waals surface area contributed by atoms with Crippen LogP contribution in [0.1, 0.15) is 40.5 Å². The van der Waals surface area contributed by atoms with Crippen LogP contribution in [0.5, 0.6) is 0 Å². The largest absolute Gasteiger partial charge is 0.363 e. The second-order valence-corrected chi connectivity index (χ2v) is 5.05. The zero-order valence-corrected chi connectivity index (χ0v) is 11.0. The Kier molecular flexibility index (Phi) is 3.65. The van der Waals surface area contributed by atoms with E-state index in [0.717, 1.165) is 12.8 Å². The third-order valence-corrected chi connectivity index (χ3v) is 3.59. The zero-order valence-electron chi connectivity index (χ0n) is 11.0. The molecule has 92 valence electrons. The van der Waals surface area contributed by atoms with Gasteiger partial charge in [-0.05, 0) is 26.7 Å². The first-order chi connectivity index (χ1) is 7.41. The summed E-state index contributed by atoms with van der Waals surface area (Å²) < 4.78 is 12.3. The Labute approximate surface area is 99.3 Å². The smallest absolute Gasteiger partial charge is 0.133 e. The van der Waals surface area contributed by atoms with Crippen molar-refractivity contribution in [2.24, 2.45) is 0 Å². The molecule has 0 saturated carbocycles. The molecule has 1 heterocycles. The van der Waals surface area contributed by atoms with Crippen molar-refractivity contribution in [2.75, 3.05) is 6.61 Å². The van der Waals surface area contributed by atoms with E-state index < -0.39 is 5.60 Å². The second-order valence-electron chi connectivity index (χ2n) is 5.05. The van der Waals surface area contributed by atoms with E-state index in [2.05, 4.69) is 40.9 Å². The van der Waals surface area contributed by atoms with E-state index in [-0.39, 0.29) is 11.2 Å². The molecule has 1 aliphatic rings. The second kappa shape index (κ2) is 4.34. The molecule has 0 aromatic heterocycles. The summed E-state index contributed by atoms with van der Waals surface area (Å²) in [4.78, 5) is 0. The lowest BCUT2D eigenvalue weighted by atomic mass is 9.76. The lowest BCUT2D eigenvalue weighted by Gasteiger charge is -2.54. The molecule has 1 saturated heterocycles. The minimum atomic E-state index is -0.563. The van der Waals surface area contributed by atoms with Crippen molar-refractivity contribution in [2.45, 2.75) is 57.3 Å². The van der Waals surface area contributed by atoms with E-state index in [1.165, 1.54) is 0 Å². The van der Waals surface area contributed by atoms with Crippen LogP contribution in [-0.2, 0) is 9.47 Å². The summed E-state index contributed by atoms with van der Waals surface area (Å²) in [5.41, 5.74) is -1.16. The molecule has 0 aliphatic carbocycles. The average molecular weight is 224 g/mol. The van der Waals surface area contributed by atoms with Crippen LogP contribution in [0.2, 0.25) is 0 Å². The van der Waals surface area contributed by atoms with Gasteiger partial charge in [0.1, 0.15) is 11.2 Å². The van der Waals surface area contributed by atoms with E-state index >= 15 is 0 Å². The van der Waals surface area contributed by atoms with Gasteiger partial charge >= 0.3 is 0 Å². The van der Waals surface area contributed by atoms with Gasteiger partial charge in [0.05, 0.1) is 12.2 Å². The highest BCUT2D eigenvalue weighted by Crippen LogP contribution is 2.45. The Balaban J connectivity index is 3.19. The average Bonchev–Trinajstić information content (AvgIpc) is 2.28. The van der Waals surface area contributed by atoms with Crippen molar-refractivity contribution in [3.63, 3.8) is 0 Å². The molecular weight excluding hydrogens is 200 g/mol. The van der Waals surface area contributed by atoms with Gasteiger partial charge in [0.25, 0.3) is 0 Å². The van der Waals surface area contributed by atoms with Gasteiger partial charge in [-0.25, -0.2) is 0 Å². The summed E-state index contributed by atoms with van der Waals surface area (Å²) in [5.74, 6) is 0. The summed E-state index contributed by atoms with van der Waals surface area (Å²) in [7, 11) is 0. The predicted octanol–water partition coefficient (Wildman–Crippen LogP) is 3.48. The number of ether oxygens (including phenoxy) is 2. The molecule has 16 heavy (non-hydrogen) atoms. The van der Waals surface area contributed by atoms with Crippen molar-refractivity contribution in [1.82, 2.24) is 0 Å². The molecule has 0 spiro atoms. The molecule has 0 aromatic carbocycles. The highest BCUT2D eigenvalue weighted by molar-refractivity contribution is 5.22. The molecule has 1 fully saturated rings. The van der Waals surface area contributed by atoms with Gasteiger partial charge in [0.2, 0.25) is 0 Å². The normalized spacial score (nSPS) is 26.0. The molecule has 2 heteroatoms. The van der Waals surface area contributed by atoms with E-state index in [0.29, 0.717) is 6.61 Å². The standard InChI is InChI=1S/C14H24O2/c1-7-13(8-2)14(9-3,10-4)16-12(5,6)11-15-13/h7-8H,1-2,9-11H2,3-6H3. The van der Waals surface area contributed by atoms with Crippen molar-refractivity contribution in [3.05, 3.63) is 25.3 Å². The lowest BCUT2D eigenvalue weighted by Crippen LogP contribution is -2.63. The topological polar surface area (TPSA) is 18.5 Å². The van der Waals surface area contributed by atoms with Crippen LogP contribution in [-0.4, -0.2) is 23.4 Å². The fraction of sp³-hybridized carbons (Fsp3) is 0.714. The van der Waals surface area contributed by atoms with Gasteiger partial charge in [0.15, 0.2) is 0 Å². The van der Waals surface area contributed by atoms with Crippen molar-refractivity contribution < 1.29 is 9.47 Å². The quantitative estimate of drug-likeness (QED) is 0.681. The monoisotopic (exact) mass is 224 g/mol. The Morgan fingerprint density at radius 3 is 2.00 bits per heavy atom. The zero-order chi connectivity index (χ0) is 12.4. The number of rotatable bonds is 4. The summed E-state index contributed by atoms with van der Waals surface area (Å²) in [6.07, 6.45) is 5.40. The molecule has 1 aliphatic heterocycles. The first-order valence-corrected chi connectivity index (χ1v) is 6.02. The van der Waals surface area contributed by atoms with Gasteiger partial charge in [0, 0.05) is 0 Å². The van der Waals surface area contributed by atoms with E-state index in [1.807, 2.05) is 12.2 Å². The van der Waals surface area contributed by atoms with Crippen LogP contribution in [0.3, 0.4) is 0 Å². The molecule has 1 rings (SSSR count). The Morgan fingerprint density at radius 2 is 1.62 bits per heavy atom. The summed E-state index contributed by atoms with van der Waals surface area (Å²) >= 11 is 0. The molecule has 2 nitrogen and oxygen atoms in total. The summed E-state index contributed by atoms with van der Waals surface area (Å²) in [6.45, 7) is 16.7. The first kappa shape index (κ1) is 13.5. The Bertz CT molecular complexity index is 266. The molecule has 0 amide bonds. The summed E-state index contributed by atoms with van der Waals surface area (Å²) in [5, 5.41) is 0.